The molecule has 0 bridgehead atoms. The first kappa shape index (κ1) is 13.2. The second-order valence-electron chi connectivity index (χ2n) is 3.51. The summed E-state index contributed by atoms with van der Waals surface area (Å²) in [6.45, 7) is 3.95. The molecule has 1 aromatic rings. The Morgan fingerprint density at radius 2 is 2.00 bits per heavy atom. The number of ether oxygens (including phenoxy) is 1. The van der Waals surface area contributed by atoms with E-state index >= 15 is 0 Å². The van der Waals surface area contributed by atoms with Crippen molar-refractivity contribution in [3.63, 3.8) is 0 Å². The van der Waals surface area contributed by atoms with Gasteiger partial charge in [0.15, 0.2) is 0 Å². The SMILES string of the molecule is CCN(CC(=O)OC)Cc1ccc(Br)cc1. The standard InChI is InChI=1S/C12H16BrNO2/c1-3-14(9-12(15)16-2)8-10-4-6-11(13)7-5-10/h4-7H,3,8-9H2,1-2H3. The van der Waals surface area contributed by atoms with Crippen LogP contribution in [-0.4, -0.2) is 31.1 Å². The number of benzene rings is 1. The van der Waals surface area contributed by atoms with E-state index in [1.807, 2.05) is 36.1 Å². The maximum absolute atomic E-state index is 11.2. The van der Waals surface area contributed by atoms with E-state index in [1.54, 1.807) is 0 Å². The molecule has 0 atom stereocenters. The van der Waals surface area contributed by atoms with Crippen molar-refractivity contribution >= 4 is 21.9 Å². The number of rotatable bonds is 5. The summed E-state index contributed by atoms with van der Waals surface area (Å²) in [5.41, 5.74) is 1.19. The van der Waals surface area contributed by atoms with E-state index in [1.165, 1.54) is 12.7 Å². The Kier molecular flexibility index (Phi) is 5.49. The molecular weight excluding hydrogens is 270 g/mol. The fourth-order valence-electron chi connectivity index (χ4n) is 1.37. The largest absolute Gasteiger partial charge is 0.468 e. The van der Waals surface area contributed by atoms with Crippen molar-refractivity contribution < 1.29 is 9.53 Å². The van der Waals surface area contributed by atoms with Crippen LogP contribution in [0.4, 0.5) is 0 Å². The van der Waals surface area contributed by atoms with Crippen LogP contribution in [0.15, 0.2) is 28.7 Å². The first-order chi connectivity index (χ1) is 7.65. The molecule has 0 unspecified atom stereocenters. The third kappa shape index (κ3) is 4.33. The molecule has 0 aliphatic heterocycles. The summed E-state index contributed by atoms with van der Waals surface area (Å²) in [4.78, 5) is 13.2. The highest BCUT2D eigenvalue weighted by Gasteiger charge is 2.09. The zero-order valence-corrected chi connectivity index (χ0v) is 11.2. The van der Waals surface area contributed by atoms with Gasteiger partial charge < -0.3 is 4.74 Å². The number of likely N-dealkylation sites (N-methyl/N-ethyl adjacent to an activating group) is 1. The summed E-state index contributed by atoms with van der Waals surface area (Å²) in [7, 11) is 1.41. The maximum Gasteiger partial charge on any atom is 0.319 e. The van der Waals surface area contributed by atoms with Gasteiger partial charge in [0, 0.05) is 11.0 Å². The topological polar surface area (TPSA) is 29.5 Å². The molecule has 1 aromatic carbocycles. The molecule has 0 aromatic heterocycles. The Morgan fingerprint density at radius 1 is 1.38 bits per heavy atom. The third-order valence-electron chi connectivity index (χ3n) is 2.35. The van der Waals surface area contributed by atoms with Crippen molar-refractivity contribution in [2.45, 2.75) is 13.5 Å². The second-order valence-corrected chi connectivity index (χ2v) is 4.42. The lowest BCUT2D eigenvalue weighted by Gasteiger charge is -2.18. The molecule has 0 fully saturated rings. The molecule has 0 saturated heterocycles. The van der Waals surface area contributed by atoms with Crippen molar-refractivity contribution in [1.82, 2.24) is 4.90 Å². The van der Waals surface area contributed by atoms with Crippen LogP contribution in [0.2, 0.25) is 0 Å². The van der Waals surface area contributed by atoms with Gasteiger partial charge >= 0.3 is 5.97 Å². The predicted molar refractivity (Wildman–Crippen MR) is 67.1 cm³/mol. The van der Waals surface area contributed by atoms with Crippen molar-refractivity contribution in [2.24, 2.45) is 0 Å². The fraction of sp³-hybridized carbons (Fsp3) is 0.417. The average Bonchev–Trinajstić information content (AvgIpc) is 2.30. The van der Waals surface area contributed by atoms with Crippen molar-refractivity contribution in [3.05, 3.63) is 34.3 Å². The third-order valence-corrected chi connectivity index (χ3v) is 2.88. The van der Waals surface area contributed by atoms with Crippen LogP contribution in [0.5, 0.6) is 0 Å². The van der Waals surface area contributed by atoms with E-state index in [0.29, 0.717) is 6.54 Å². The van der Waals surface area contributed by atoms with Crippen molar-refractivity contribution in [1.29, 1.82) is 0 Å². The summed E-state index contributed by atoms with van der Waals surface area (Å²) in [6.07, 6.45) is 0. The normalized spacial score (nSPS) is 10.5. The lowest BCUT2D eigenvalue weighted by atomic mass is 10.2. The lowest BCUT2D eigenvalue weighted by Crippen LogP contribution is -2.29. The van der Waals surface area contributed by atoms with Gasteiger partial charge in [0.1, 0.15) is 0 Å². The van der Waals surface area contributed by atoms with Crippen LogP contribution >= 0.6 is 15.9 Å². The minimum Gasteiger partial charge on any atom is -0.468 e. The van der Waals surface area contributed by atoms with E-state index in [-0.39, 0.29) is 5.97 Å². The first-order valence-electron chi connectivity index (χ1n) is 5.19. The Morgan fingerprint density at radius 3 is 2.50 bits per heavy atom. The zero-order valence-electron chi connectivity index (χ0n) is 9.57. The van der Waals surface area contributed by atoms with E-state index < -0.39 is 0 Å². The Bertz CT molecular complexity index is 337. The van der Waals surface area contributed by atoms with Gasteiger partial charge in [0.05, 0.1) is 13.7 Å². The minimum absolute atomic E-state index is 0.195. The van der Waals surface area contributed by atoms with Crippen LogP contribution < -0.4 is 0 Å². The molecule has 1 rings (SSSR count). The summed E-state index contributed by atoms with van der Waals surface area (Å²) in [5.74, 6) is -0.195. The Labute approximate surface area is 105 Å². The van der Waals surface area contributed by atoms with Crippen molar-refractivity contribution in [2.75, 3.05) is 20.2 Å². The summed E-state index contributed by atoms with van der Waals surface area (Å²) < 4.78 is 5.71. The summed E-state index contributed by atoms with van der Waals surface area (Å²) in [6, 6.07) is 8.09. The van der Waals surface area contributed by atoms with Gasteiger partial charge in [-0.3, -0.25) is 9.69 Å². The van der Waals surface area contributed by atoms with Gasteiger partial charge in [-0.2, -0.15) is 0 Å². The van der Waals surface area contributed by atoms with E-state index in [2.05, 4.69) is 20.7 Å². The molecule has 0 heterocycles. The molecule has 0 aliphatic carbocycles. The molecule has 0 radical (unpaired) electrons. The Balaban J connectivity index is 2.56. The van der Waals surface area contributed by atoms with Crippen LogP contribution in [0, 0.1) is 0 Å². The van der Waals surface area contributed by atoms with E-state index in [9.17, 15) is 4.79 Å². The van der Waals surface area contributed by atoms with Crippen LogP contribution in [-0.2, 0) is 16.1 Å². The molecule has 88 valence electrons. The molecule has 0 saturated carbocycles. The highest BCUT2D eigenvalue weighted by molar-refractivity contribution is 9.10. The number of halogens is 1. The van der Waals surface area contributed by atoms with Gasteiger partial charge in [0.2, 0.25) is 0 Å². The van der Waals surface area contributed by atoms with Crippen LogP contribution in [0.25, 0.3) is 0 Å². The Hall–Kier alpha value is -0.870. The quantitative estimate of drug-likeness (QED) is 0.779. The highest BCUT2D eigenvalue weighted by Crippen LogP contribution is 2.12. The van der Waals surface area contributed by atoms with Gasteiger partial charge in [0.25, 0.3) is 0 Å². The number of esters is 1. The molecule has 4 heteroatoms. The monoisotopic (exact) mass is 285 g/mol. The average molecular weight is 286 g/mol. The van der Waals surface area contributed by atoms with Crippen LogP contribution in [0.1, 0.15) is 12.5 Å². The molecular formula is C12H16BrNO2. The summed E-state index contributed by atoms with van der Waals surface area (Å²) in [5, 5.41) is 0. The zero-order chi connectivity index (χ0) is 12.0. The minimum atomic E-state index is -0.195. The van der Waals surface area contributed by atoms with Gasteiger partial charge in [-0.1, -0.05) is 35.0 Å². The fourth-order valence-corrected chi connectivity index (χ4v) is 1.64. The predicted octanol–water partition coefficient (Wildman–Crippen LogP) is 2.44. The van der Waals surface area contributed by atoms with Gasteiger partial charge in [-0.05, 0) is 24.2 Å². The summed E-state index contributed by atoms with van der Waals surface area (Å²) >= 11 is 3.39. The second kappa shape index (κ2) is 6.66. The molecule has 0 spiro atoms. The number of carbonyl (C=O) groups excluding carboxylic acids is 1. The number of carbonyl (C=O) groups is 1. The van der Waals surface area contributed by atoms with Crippen molar-refractivity contribution in [3.8, 4) is 0 Å². The van der Waals surface area contributed by atoms with E-state index in [4.69, 9.17) is 0 Å². The van der Waals surface area contributed by atoms with E-state index in [0.717, 1.165) is 17.6 Å². The van der Waals surface area contributed by atoms with Gasteiger partial charge in [-0.15, -0.1) is 0 Å². The van der Waals surface area contributed by atoms with Crippen LogP contribution in [0.3, 0.4) is 0 Å². The number of hydrogen-bond donors (Lipinski definition) is 0. The van der Waals surface area contributed by atoms with Gasteiger partial charge in [-0.25, -0.2) is 0 Å². The first-order valence-corrected chi connectivity index (χ1v) is 5.98. The highest BCUT2D eigenvalue weighted by atomic mass is 79.9. The molecule has 3 nitrogen and oxygen atoms in total. The molecule has 0 amide bonds. The molecule has 0 N–H and O–H groups in total. The number of nitrogens with zero attached hydrogens (tertiary/aromatic N) is 1. The number of methoxy groups -OCH3 is 1. The maximum atomic E-state index is 11.2. The molecule has 16 heavy (non-hydrogen) atoms. The molecule has 0 aliphatic rings. The lowest BCUT2D eigenvalue weighted by molar-refractivity contribution is -0.142. The number of hydrogen-bond acceptors (Lipinski definition) is 3. The smallest absolute Gasteiger partial charge is 0.319 e.